The second-order valence-corrected chi connectivity index (χ2v) is 7.17. The van der Waals surface area contributed by atoms with Crippen molar-refractivity contribution in [3.8, 4) is 16.9 Å². The van der Waals surface area contributed by atoms with E-state index in [4.69, 9.17) is 9.84 Å². The third-order valence-corrected chi connectivity index (χ3v) is 5.22. The number of hydrogen-bond acceptors (Lipinski definition) is 5. The molecule has 2 aromatic heterocycles. The maximum Gasteiger partial charge on any atom is 0.341 e. The highest BCUT2D eigenvalue weighted by Gasteiger charge is 2.16. The molecular formula is C21H22N2O3S. The molecule has 0 amide bonds. The molecule has 0 aliphatic carbocycles. The Morgan fingerprint density at radius 2 is 2.00 bits per heavy atom. The van der Waals surface area contributed by atoms with E-state index in [-0.39, 0.29) is 12.6 Å². The van der Waals surface area contributed by atoms with Gasteiger partial charge in [0.1, 0.15) is 5.75 Å². The fourth-order valence-corrected chi connectivity index (χ4v) is 3.56. The van der Waals surface area contributed by atoms with Crippen LogP contribution in [0, 0.1) is 0 Å². The van der Waals surface area contributed by atoms with Crippen molar-refractivity contribution in [3.05, 3.63) is 70.7 Å². The minimum atomic E-state index is -0.985. The zero-order chi connectivity index (χ0) is 19.2. The number of rotatable bonds is 8. The van der Waals surface area contributed by atoms with Gasteiger partial charge in [0.05, 0.1) is 0 Å². The molecule has 2 heterocycles. The normalized spacial score (nSPS) is 12.1. The van der Waals surface area contributed by atoms with E-state index in [2.05, 4.69) is 34.3 Å². The number of hydrogen-bond donors (Lipinski definition) is 1. The van der Waals surface area contributed by atoms with Crippen molar-refractivity contribution in [1.29, 1.82) is 0 Å². The molecule has 1 atom stereocenters. The highest BCUT2D eigenvalue weighted by Crippen LogP contribution is 2.30. The smallest absolute Gasteiger partial charge is 0.341 e. The van der Waals surface area contributed by atoms with E-state index in [9.17, 15) is 4.79 Å². The van der Waals surface area contributed by atoms with Gasteiger partial charge in [0.2, 0.25) is 0 Å². The largest absolute Gasteiger partial charge is 0.482 e. The Morgan fingerprint density at radius 1 is 1.22 bits per heavy atom. The van der Waals surface area contributed by atoms with E-state index < -0.39 is 5.97 Å². The summed E-state index contributed by atoms with van der Waals surface area (Å²) in [6, 6.07) is 12.2. The van der Waals surface area contributed by atoms with Crippen LogP contribution in [0.1, 0.15) is 24.1 Å². The van der Waals surface area contributed by atoms with Gasteiger partial charge in [-0.15, -0.1) is 0 Å². The van der Waals surface area contributed by atoms with Gasteiger partial charge in [-0.2, -0.15) is 11.3 Å². The second-order valence-electron chi connectivity index (χ2n) is 6.39. The number of pyridine rings is 1. The van der Waals surface area contributed by atoms with E-state index in [0.29, 0.717) is 12.3 Å². The molecule has 0 unspecified atom stereocenters. The number of aliphatic carboxylic acids is 1. The van der Waals surface area contributed by atoms with Crippen molar-refractivity contribution in [1.82, 2.24) is 9.88 Å². The summed E-state index contributed by atoms with van der Waals surface area (Å²) in [6.45, 7) is 2.42. The summed E-state index contributed by atoms with van der Waals surface area (Å²) in [6.07, 6.45) is 3.58. The predicted octanol–water partition coefficient (Wildman–Crippen LogP) is 4.47. The van der Waals surface area contributed by atoms with Gasteiger partial charge < -0.3 is 9.84 Å². The number of carboxylic acids is 1. The molecule has 1 aromatic carbocycles. The molecule has 0 fully saturated rings. The summed E-state index contributed by atoms with van der Waals surface area (Å²) in [5.41, 5.74) is 4.38. The van der Waals surface area contributed by atoms with Gasteiger partial charge in [-0.25, -0.2) is 4.79 Å². The third-order valence-electron chi connectivity index (χ3n) is 4.54. The van der Waals surface area contributed by atoms with Crippen LogP contribution in [-0.4, -0.2) is 34.6 Å². The molecule has 3 aromatic rings. The quantitative estimate of drug-likeness (QED) is 0.623. The maximum atomic E-state index is 10.9. The monoisotopic (exact) mass is 382 g/mol. The summed E-state index contributed by atoms with van der Waals surface area (Å²) in [5, 5.41) is 13.1. The fourth-order valence-electron chi connectivity index (χ4n) is 2.89. The number of nitrogens with zero attached hydrogens (tertiary/aromatic N) is 2. The van der Waals surface area contributed by atoms with E-state index in [1.165, 1.54) is 5.56 Å². The first-order chi connectivity index (χ1) is 13.0. The van der Waals surface area contributed by atoms with Crippen LogP contribution < -0.4 is 4.74 Å². The Kier molecular flexibility index (Phi) is 6.21. The SMILES string of the molecule is C[C@H](c1ccncc1)N(C)Cc1cc(-c2ccsc2)ccc1OCC(=O)O. The standard InChI is InChI=1S/C21H22N2O3S/c1-15(16-5-8-22-9-6-16)23(2)12-19-11-17(18-7-10-27-14-18)3-4-20(19)26-13-21(24)25/h3-11,14-15H,12-13H2,1-2H3,(H,24,25)/t15-/m1/s1. The molecule has 0 saturated heterocycles. The van der Waals surface area contributed by atoms with Gasteiger partial charge in [-0.1, -0.05) is 6.07 Å². The van der Waals surface area contributed by atoms with Crippen molar-refractivity contribution >= 4 is 17.3 Å². The van der Waals surface area contributed by atoms with E-state index in [1.54, 1.807) is 23.7 Å². The van der Waals surface area contributed by atoms with Gasteiger partial charge >= 0.3 is 5.97 Å². The number of carbonyl (C=O) groups is 1. The number of carboxylic acid groups (broad SMARTS) is 1. The Morgan fingerprint density at radius 3 is 2.67 bits per heavy atom. The first-order valence-electron chi connectivity index (χ1n) is 8.65. The molecule has 27 heavy (non-hydrogen) atoms. The summed E-state index contributed by atoms with van der Waals surface area (Å²) < 4.78 is 5.52. The van der Waals surface area contributed by atoms with Crippen molar-refractivity contribution in [2.45, 2.75) is 19.5 Å². The van der Waals surface area contributed by atoms with Crippen molar-refractivity contribution in [2.75, 3.05) is 13.7 Å². The lowest BCUT2D eigenvalue weighted by Crippen LogP contribution is -2.22. The van der Waals surface area contributed by atoms with Crippen molar-refractivity contribution in [2.24, 2.45) is 0 Å². The van der Waals surface area contributed by atoms with Gasteiger partial charge in [0.15, 0.2) is 6.61 Å². The van der Waals surface area contributed by atoms with Crippen LogP contribution in [0.5, 0.6) is 5.75 Å². The first-order valence-corrected chi connectivity index (χ1v) is 9.59. The molecule has 1 N–H and O–H groups in total. The lowest BCUT2D eigenvalue weighted by molar-refractivity contribution is -0.139. The molecule has 0 spiro atoms. The molecule has 3 rings (SSSR count). The van der Waals surface area contributed by atoms with Crippen molar-refractivity contribution in [3.63, 3.8) is 0 Å². The molecule has 0 bridgehead atoms. The molecular weight excluding hydrogens is 360 g/mol. The van der Waals surface area contributed by atoms with Gasteiger partial charge in [-0.3, -0.25) is 9.88 Å². The van der Waals surface area contributed by atoms with Crippen LogP contribution in [-0.2, 0) is 11.3 Å². The van der Waals surface area contributed by atoms with Crippen LogP contribution in [0.15, 0.2) is 59.6 Å². The summed E-state index contributed by atoms with van der Waals surface area (Å²) in [7, 11) is 2.04. The predicted molar refractivity (Wildman–Crippen MR) is 107 cm³/mol. The number of ether oxygens (including phenoxy) is 1. The average Bonchev–Trinajstić information content (AvgIpc) is 3.21. The van der Waals surface area contributed by atoms with Gasteiger partial charge in [-0.05, 0) is 71.8 Å². The molecule has 5 nitrogen and oxygen atoms in total. The van der Waals surface area contributed by atoms with E-state index in [0.717, 1.165) is 16.7 Å². The van der Waals surface area contributed by atoms with Crippen LogP contribution in [0.3, 0.4) is 0 Å². The number of aromatic nitrogens is 1. The lowest BCUT2D eigenvalue weighted by Gasteiger charge is -2.26. The second kappa shape index (κ2) is 8.79. The van der Waals surface area contributed by atoms with Gasteiger partial charge in [0.25, 0.3) is 0 Å². The molecule has 140 valence electrons. The van der Waals surface area contributed by atoms with Crippen LogP contribution in [0.25, 0.3) is 11.1 Å². The summed E-state index contributed by atoms with van der Waals surface area (Å²) in [4.78, 5) is 17.2. The summed E-state index contributed by atoms with van der Waals surface area (Å²) in [5.74, 6) is -0.383. The molecule has 6 heteroatoms. The molecule has 0 aliphatic rings. The fraction of sp³-hybridized carbons (Fsp3) is 0.238. The Hall–Kier alpha value is -2.70. The zero-order valence-electron chi connectivity index (χ0n) is 15.3. The van der Waals surface area contributed by atoms with Crippen LogP contribution >= 0.6 is 11.3 Å². The minimum Gasteiger partial charge on any atom is -0.482 e. The molecule has 0 saturated carbocycles. The highest BCUT2D eigenvalue weighted by molar-refractivity contribution is 7.08. The lowest BCUT2D eigenvalue weighted by atomic mass is 10.0. The Labute approximate surface area is 162 Å². The maximum absolute atomic E-state index is 10.9. The van der Waals surface area contributed by atoms with E-state index >= 15 is 0 Å². The van der Waals surface area contributed by atoms with Crippen LogP contribution in [0.2, 0.25) is 0 Å². The molecule has 0 radical (unpaired) electrons. The topological polar surface area (TPSA) is 62.7 Å². The Bertz CT molecular complexity index is 882. The van der Waals surface area contributed by atoms with Crippen molar-refractivity contribution < 1.29 is 14.6 Å². The molecule has 0 aliphatic heterocycles. The average molecular weight is 382 g/mol. The number of thiophene rings is 1. The van der Waals surface area contributed by atoms with Crippen LogP contribution in [0.4, 0.5) is 0 Å². The number of benzene rings is 1. The first kappa shape index (κ1) is 19.1. The van der Waals surface area contributed by atoms with Gasteiger partial charge in [0, 0.05) is 30.5 Å². The summed E-state index contributed by atoms with van der Waals surface area (Å²) >= 11 is 1.65. The zero-order valence-corrected chi connectivity index (χ0v) is 16.1. The van der Waals surface area contributed by atoms with E-state index in [1.807, 2.05) is 36.7 Å². The third kappa shape index (κ3) is 4.93. The Balaban J connectivity index is 1.85. The minimum absolute atomic E-state index is 0.185. The highest BCUT2D eigenvalue weighted by atomic mass is 32.1.